The van der Waals surface area contributed by atoms with Crippen molar-refractivity contribution in [3.8, 4) is 0 Å². The van der Waals surface area contributed by atoms with Crippen LogP contribution in [-0.2, 0) is 6.42 Å². The normalized spacial score (nSPS) is 13.9. The summed E-state index contributed by atoms with van der Waals surface area (Å²) in [6.45, 7) is 3.17. The van der Waals surface area contributed by atoms with E-state index >= 15 is 0 Å². The summed E-state index contributed by atoms with van der Waals surface area (Å²) in [5.41, 5.74) is 4.10. The van der Waals surface area contributed by atoms with Crippen LogP contribution in [0.15, 0.2) is 18.2 Å². The molecule has 0 fully saturated rings. The Labute approximate surface area is 68.1 Å². The molecule has 11 heavy (non-hydrogen) atoms. The Bertz CT molecular complexity index is 270. The van der Waals surface area contributed by atoms with Crippen LogP contribution in [-0.4, -0.2) is 13.8 Å². The van der Waals surface area contributed by atoms with Crippen molar-refractivity contribution in [2.45, 2.75) is 13.2 Å². The van der Waals surface area contributed by atoms with Crippen molar-refractivity contribution < 1.29 is 0 Å². The Morgan fingerprint density at radius 3 is 3.18 bits per heavy atom. The molecule has 0 amide bonds. The van der Waals surface area contributed by atoms with Gasteiger partial charge in [-0.2, -0.15) is 0 Å². The highest BCUT2D eigenvalue weighted by Crippen LogP contribution is 2.19. The highest BCUT2D eigenvalue weighted by atomic mass is 14.9. The maximum absolute atomic E-state index is 3.34. The van der Waals surface area contributed by atoms with Crippen molar-refractivity contribution >= 4 is 18.4 Å². The molecule has 2 heteroatoms. The van der Waals surface area contributed by atoms with Gasteiger partial charge in [0.15, 0.2) is 0 Å². The van der Waals surface area contributed by atoms with Crippen molar-refractivity contribution in [1.82, 2.24) is 0 Å². The van der Waals surface area contributed by atoms with Gasteiger partial charge in [-0.05, 0) is 18.1 Å². The SMILES string of the molecule is C[B]c1ccc2c(c1)CCN2. The monoisotopic (exact) mass is 144 g/mol. The molecule has 0 spiro atoms. The van der Waals surface area contributed by atoms with Crippen LogP contribution in [0.2, 0.25) is 6.82 Å². The molecule has 0 atom stereocenters. The molecule has 0 saturated carbocycles. The minimum Gasteiger partial charge on any atom is -0.384 e. The van der Waals surface area contributed by atoms with E-state index in [1.165, 1.54) is 23.1 Å². The molecule has 1 aromatic rings. The molecule has 1 N–H and O–H groups in total. The van der Waals surface area contributed by atoms with Crippen molar-refractivity contribution in [3.05, 3.63) is 23.8 Å². The number of nitrogens with one attached hydrogen (secondary N) is 1. The molecular formula is C9H11BN. The molecule has 55 valence electrons. The van der Waals surface area contributed by atoms with E-state index in [1.54, 1.807) is 0 Å². The predicted octanol–water partition coefficient (Wildman–Crippen LogP) is 1.03. The first-order valence-corrected chi connectivity index (χ1v) is 4.06. The fourth-order valence-electron chi connectivity index (χ4n) is 1.50. The molecular weight excluding hydrogens is 133 g/mol. The third-order valence-electron chi connectivity index (χ3n) is 2.17. The van der Waals surface area contributed by atoms with Gasteiger partial charge in [0.25, 0.3) is 0 Å². The van der Waals surface area contributed by atoms with Crippen LogP contribution in [0, 0.1) is 0 Å². The minimum atomic E-state index is 1.10. The topological polar surface area (TPSA) is 12.0 Å². The number of fused-ring (bicyclic) bond motifs is 1. The molecule has 0 unspecified atom stereocenters. The quantitative estimate of drug-likeness (QED) is 0.580. The highest BCUT2D eigenvalue weighted by molar-refractivity contribution is 6.51. The van der Waals surface area contributed by atoms with E-state index in [9.17, 15) is 0 Å². The maximum Gasteiger partial charge on any atom is 0.148 e. The molecule has 1 radical (unpaired) electrons. The van der Waals surface area contributed by atoms with Crippen LogP contribution in [0.1, 0.15) is 5.56 Å². The van der Waals surface area contributed by atoms with E-state index < -0.39 is 0 Å². The van der Waals surface area contributed by atoms with Crippen molar-refractivity contribution in [3.63, 3.8) is 0 Å². The zero-order valence-electron chi connectivity index (χ0n) is 6.72. The zero-order valence-corrected chi connectivity index (χ0v) is 6.72. The number of hydrogen-bond acceptors (Lipinski definition) is 1. The van der Waals surface area contributed by atoms with Gasteiger partial charge in [-0.25, -0.2) is 0 Å². The number of rotatable bonds is 1. The largest absolute Gasteiger partial charge is 0.384 e. The summed E-state index contributed by atoms with van der Waals surface area (Å²) in [4.78, 5) is 0. The molecule has 0 aromatic heterocycles. The molecule has 1 heterocycles. The fourth-order valence-corrected chi connectivity index (χ4v) is 1.50. The molecule has 2 rings (SSSR count). The van der Waals surface area contributed by atoms with Crippen LogP contribution >= 0.6 is 0 Å². The molecule has 1 aromatic carbocycles. The lowest BCUT2D eigenvalue weighted by Crippen LogP contribution is -2.09. The summed E-state index contributed by atoms with van der Waals surface area (Å²) < 4.78 is 0. The molecule has 0 saturated heterocycles. The lowest BCUT2D eigenvalue weighted by Gasteiger charge is -2.00. The first-order valence-electron chi connectivity index (χ1n) is 4.06. The van der Waals surface area contributed by atoms with Gasteiger partial charge in [-0.3, -0.25) is 0 Å². The van der Waals surface area contributed by atoms with E-state index in [1.807, 2.05) is 0 Å². The van der Waals surface area contributed by atoms with Crippen LogP contribution in [0.5, 0.6) is 0 Å². The number of hydrogen-bond donors (Lipinski definition) is 1. The van der Waals surface area contributed by atoms with Gasteiger partial charge in [-0.1, -0.05) is 24.4 Å². The zero-order chi connectivity index (χ0) is 7.68. The Hall–Kier alpha value is -0.915. The molecule has 0 bridgehead atoms. The molecule has 1 aliphatic heterocycles. The summed E-state index contributed by atoms with van der Waals surface area (Å²) in [5.74, 6) is 0. The van der Waals surface area contributed by atoms with E-state index in [0.717, 1.165) is 6.54 Å². The van der Waals surface area contributed by atoms with Crippen molar-refractivity contribution in [1.29, 1.82) is 0 Å². The summed E-state index contributed by atoms with van der Waals surface area (Å²) in [5, 5.41) is 3.34. The van der Waals surface area contributed by atoms with Crippen molar-refractivity contribution in [2.24, 2.45) is 0 Å². The number of benzene rings is 1. The molecule has 0 aliphatic carbocycles. The summed E-state index contributed by atoms with van der Waals surface area (Å²) in [6, 6.07) is 6.57. The Morgan fingerprint density at radius 1 is 1.45 bits per heavy atom. The van der Waals surface area contributed by atoms with Gasteiger partial charge in [-0.15, -0.1) is 0 Å². The lowest BCUT2D eigenvalue weighted by atomic mass is 9.73. The Morgan fingerprint density at radius 2 is 2.36 bits per heavy atom. The Balaban J connectivity index is 2.41. The van der Waals surface area contributed by atoms with E-state index in [4.69, 9.17) is 0 Å². The fraction of sp³-hybridized carbons (Fsp3) is 0.333. The van der Waals surface area contributed by atoms with Gasteiger partial charge < -0.3 is 5.32 Å². The average molecular weight is 144 g/mol. The van der Waals surface area contributed by atoms with Gasteiger partial charge in [0, 0.05) is 12.2 Å². The second-order valence-corrected chi connectivity index (χ2v) is 2.88. The van der Waals surface area contributed by atoms with Crippen molar-refractivity contribution in [2.75, 3.05) is 11.9 Å². The van der Waals surface area contributed by atoms with Crippen LogP contribution in [0.4, 0.5) is 5.69 Å². The summed E-state index contributed by atoms with van der Waals surface area (Å²) >= 11 is 0. The second-order valence-electron chi connectivity index (χ2n) is 2.88. The Kier molecular flexibility index (Phi) is 1.61. The van der Waals surface area contributed by atoms with E-state index in [2.05, 4.69) is 37.6 Å². The van der Waals surface area contributed by atoms with Gasteiger partial charge in [0.1, 0.15) is 7.28 Å². The molecule has 1 aliphatic rings. The van der Waals surface area contributed by atoms with Crippen LogP contribution in [0.25, 0.3) is 0 Å². The van der Waals surface area contributed by atoms with Gasteiger partial charge in [0.2, 0.25) is 0 Å². The standard InChI is InChI=1S/C9H11BN/c1-10-8-2-3-9-7(6-8)4-5-11-9/h2-3,6,11H,4-5H2,1H3. The summed E-state index contributed by atoms with van der Waals surface area (Å²) in [7, 11) is 2.14. The van der Waals surface area contributed by atoms with E-state index in [0.29, 0.717) is 0 Å². The average Bonchev–Trinajstić information content (AvgIpc) is 2.50. The minimum absolute atomic E-state index is 1.10. The van der Waals surface area contributed by atoms with Crippen LogP contribution < -0.4 is 10.8 Å². The number of anilines is 1. The first-order chi connectivity index (χ1) is 5.40. The highest BCUT2D eigenvalue weighted by Gasteiger charge is 2.08. The summed E-state index contributed by atoms with van der Waals surface area (Å²) in [6.07, 6.45) is 1.18. The lowest BCUT2D eigenvalue weighted by molar-refractivity contribution is 1.11. The third-order valence-corrected chi connectivity index (χ3v) is 2.17. The third kappa shape index (κ3) is 1.13. The first kappa shape index (κ1) is 6.77. The van der Waals surface area contributed by atoms with Gasteiger partial charge in [0.05, 0.1) is 0 Å². The van der Waals surface area contributed by atoms with E-state index in [-0.39, 0.29) is 0 Å². The maximum atomic E-state index is 3.34. The predicted molar refractivity (Wildman–Crippen MR) is 49.9 cm³/mol. The molecule has 1 nitrogen and oxygen atoms in total. The van der Waals surface area contributed by atoms with Crippen LogP contribution in [0.3, 0.4) is 0 Å². The smallest absolute Gasteiger partial charge is 0.148 e. The second kappa shape index (κ2) is 2.61. The van der Waals surface area contributed by atoms with Gasteiger partial charge >= 0.3 is 0 Å².